The van der Waals surface area contributed by atoms with E-state index in [-0.39, 0.29) is 35.0 Å². The Balaban J connectivity index is 2.02. The molecule has 1 aliphatic rings. The van der Waals surface area contributed by atoms with E-state index in [4.69, 9.17) is 4.42 Å². The van der Waals surface area contributed by atoms with Crippen LogP contribution in [0.4, 0.5) is 4.39 Å². The Bertz CT molecular complexity index is 1050. The van der Waals surface area contributed by atoms with Gasteiger partial charge >= 0.3 is 0 Å². The van der Waals surface area contributed by atoms with E-state index >= 15 is 0 Å². The van der Waals surface area contributed by atoms with Crippen LogP contribution in [0.15, 0.2) is 70.4 Å². The number of rotatable bonds is 3. The van der Waals surface area contributed by atoms with E-state index in [2.05, 4.69) is 6.58 Å². The summed E-state index contributed by atoms with van der Waals surface area (Å²) in [5.74, 6) is -0.707. The highest BCUT2D eigenvalue weighted by Crippen LogP contribution is 2.37. The van der Waals surface area contributed by atoms with Crippen molar-refractivity contribution in [3.63, 3.8) is 0 Å². The van der Waals surface area contributed by atoms with E-state index in [9.17, 15) is 14.0 Å². The summed E-state index contributed by atoms with van der Waals surface area (Å²) in [7, 11) is 0. The highest BCUT2D eigenvalue weighted by Gasteiger charge is 2.42. The predicted molar refractivity (Wildman–Crippen MR) is 92.0 cm³/mol. The van der Waals surface area contributed by atoms with Gasteiger partial charge in [0.15, 0.2) is 5.43 Å². The van der Waals surface area contributed by atoms with Gasteiger partial charge in [-0.2, -0.15) is 0 Å². The molecule has 0 unspecified atom stereocenters. The minimum absolute atomic E-state index is 0.0416. The number of hydrogen-bond acceptors (Lipinski definition) is 3. The maximum Gasteiger partial charge on any atom is 0.291 e. The molecule has 4 rings (SSSR count). The molecular weight excluding hydrogens is 321 g/mol. The first-order valence-corrected chi connectivity index (χ1v) is 7.85. The van der Waals surface area contributed by atoms with E-state index in [0.717, 1.165) is 0 Å². The van der Waals surface area contributed by atoms with Crippen LogP contribution in [0.1, 0.15) is 27.7 Å². The molecule has 3 aromatic rings. The molecule has 0 bridgehead atoms. The first-order valence-electron chi connectivity index (χ1n) is 7.85. The minimum Gasteiger partial charge on any atom is -0.450 e. The lowest BCUT2D eigenvalue weighted by Gasteiger charge is -2.23. The quantitative estimate of drug-likeness (QED) is 0.686. The Hall–Kier alpha value is -3.21. The minimum atomic E-state index is -0.623. The smallest absolute Gasteiger partial charge is 0.291 e. The summed E-state index contributed by atoms with van der Waals surface area (Å²) in [6.07, 6.45) is 1.59. The van der Waals surface area contributed by atoms with Gasteiger partial charge in [-0.15, -0.1) is 6.58 Å². The Kier molecular flexibility index (Phi) is 3.50. The van der Waals surface area contributed by atoms with Gasteiger partial charge in [0.1, 0.15) is 11.4 Å². The Morgan fingerprint density at radius 2 is 1.84 bits per heavy atom. The molecule has 0 saturated carbocycles. The van der Waals surface area contributed by atoms with Gasteiger partial charge in [0, 0.05) is 6.54 Å². The molecule has 1 aromatic heterocycles. The average molecular weight is 335 g/mol. The molecule has 0 saturated heterocycles. The molecule has 4 nitrogen and oxygen atoms in total. The lowest BCUT2D eigenvalue weighted by Crippen LogP contribution is -2.29. The standard InChI is InChI=1S/C20H14FNO3/c1-2-11-22-17(12-7-9-13(21)10-8-12)16-18(23)14-5-3-4-6-15(14)25-19(16)20(22)24/h2-10,17H,1,11H2/t17-/m1/s1. The molecule has 124 valence electrons. The van der Waals surface area contributed by atoms with Crippen molar-refractivity contribution in [2.24, 2.45) is 0 Å². The van der Waals surface area contributed by atoms with Crippen molar-refractivity contribution >= 4 is 16.9 Å². The van der Waals surface area contributed by atoms with Crippen molar-refractivity contribution in [1.82, 2.24) is 4.90 Å². The average Bonchev–Trinajstić information content (AvgIpc) is 2.89. The van der Waals surface area contributed by atoms with E-state index < -0.39 is 6.04 Å². The first kappa shape index (κ1) is 15.3. The molecule has 1 atom stereocenters. The molecule has 0 N–H and O–H groups in total. The van der Waals surface area contributed by atoms with Crippen molar-refractivity contribution in [3.05, 3.63) is 94.1 Å². The molecule has 0 aliphatic carbocycles. The molecule has 5 heteroatoms. The van der Waals surface area contributed by atoms with Crippen LogP contribution >= 0.6 is 0 Å². The maximum atomic E-state index is 13.3. The van der Waals surface area contributed by atoms with Gasteiger partial charge in [0.05, 0.1) is 17.0 Å². The number of amides is 1. The predicted octanol–water partition coefficient (Wildman–Crippen LogP) is 3.66. The zero-order valence-corrected chi connectivity index (χ0v) is 13.2. The molecule has 2 heterocycles. The first-order chi connectivity index (χ1) is 12.1. The molecule has 25 heavy (non-hydrogen) atoms. The van der Waals surface area contributed by atoms with Crippen LogP contribution in [0, 0.1) is 5.82 Å². The van der Waals surface area contributed by atoms with Crippen LogP contribution in [0.2, 0.25) is 0 Å². The van der Waals surface area contributed by atoms with E-state index in [0.29, 0.717) is 16.5 Å². The number of benzene rings is 2. The van der Waals surface area contributed by atoms with Gasteiger partial charge in [0.2, 0.25) is 5.76 Å². The number of hydrogen-bond donors (Lipinski definition) is 0. The van der Waals surface area contributed by atoms with Crippen LogP contribution in [-0.2, 0) is 0 Å². The zero-order chi connectivity index (χ0) is 17.6. The van der Waals surface area contributed by atoms with Gasteiger partial charge in [-0.3, -0.25) is 9.59 Å². The van der Waals surface area contributed by atoms with E-state index in [1.807, 2.05) is 0 Å². The van der Waals surface area contributed by atoms with Crippen molar-refractivity contribution in [2.75, 3.05) is 6.54 Å². The van der Waals surface area contributed by atoms with Crippen molar-refractivity contribution in [3.8, 4) is 0 Å². The number of para-hydroxylation sites is 1. The monoisotopic (exact) mass is 335 g/mol. The molecule has 1 amide bonds. The van der Waals surface area contributed by atoms with Crippen LogP contribution in [0.5, 0.6) is 0 Å². The van der Waals surface area contributed by atoms with E-state index in [1.54, 1.807) is 42.5 Å². The Labute approximate surface area is 142 Å². The number of nitrogens with zero attached hydrogens (tertiary/aromatic N) is 1. The molecule has 0 radical (unpaired) electrons. The number of carbonyl (C=O) groups excluding carboxylic acids is 1. The molecule has 1 aliphatic heterocycles. The SMILES string of the molecule is C=CCN1C(=O)c2oc3ccccc3c(=O)c2[C@H]1c1ccc(F)cc1. The van der Waals surface area contributed by atoms with Gasteiger partial charge in [0.25, 0.3) is 5.91 Å². The second-order valence-corrected chi connectivity index (χ2v) is 5.87. The van der Waals surface area contributed by atoms with Crippen molar-refractivity contribution in [2.45, 2.75) is 6.04 Å². The summed E-state index contributed by atoms with van der Waals surface area (Å²) in [5, 5.41) is 0.418. The fraction of sp³-hybridized carbons (Fsp3) is 0.100. The highest BCUT2D eigenvalue weighted by molar-refractivity contribution is 5.99. The molecule has 0 spiro atoms. The summed E-state index contributed by atoms with van der Waals surface area (Å²) in [6, 6.07) is 12.0. The Morgan fingerprint density at radius 1 is 1.12 bits per heavy atom. The third-order valence-electron chi connectivity index (χ3n) is 4.38. The Morgan fingerprint density at radius 3 is 2.56 bits per heavy atom. The summed E-state index contributed by atoms with van der Waals surface area (Å²) in [4.78, 5) is 27.3. The number of halogens is 1. The lowest BCUT2D eigenvalue weighted by molar-refractivity contribution is 0.0748. The third-order valence-corrected chi connectivity index (χ3v) is 4.38. The zero-order valence-electron chi connectivity index (χ0n) is 13.2. The summed E-state index contributed by atoms with van der Waals surface area (Å²) < 4.78 is 19.1. The van der Waals surface area contributed by atoms with E-state index in [1.165, 1.54) is 17.0 Å². The second-order valence-electron chi connectivity index (χ2n) is 5.87. The lowest BCUT2D eigenvalue weighted by atomic mass is 9.98. The topological polar surface area (TPSA) is 50.5 Å². The largest absolute Gasteiger partial charge is 0.450 e. The van der Waals surface area contributed by atoms with Crippen LogP contribution in [0.3, 0.4) is 0 Å². The maximum absolute atomic E-state index is 13.3. The number of carbonyl (C=O) groups is 1. The normalized spacial score (nSPS) is 16.3. The fourth-order valence-corrected chi connectivity index (χ4v) is 3.29. The van der Waals surface area contributed by atoms with Gasteiger partial charge in [-0.1, -0.05) is 30.3 Å². The molecular formula is C20H14FNO3. The highest BCUT2D eigenvalue weighted by atomic mass is 19.1. The van der Waals surface area contributed by atoms with Gasteiger partial charge in [-0.05, 0) is 29.8 Å². The number of fused-ring (bicyclic) bond motifs is 2. The van der Waals surface area contributed by atoms with Gasteiger partial charge in [-0.25, -0.2) is 4.39 Å². The van der Waals surface area contributed by atoms with Gasteiger partial charge < -0.3 is 9.32 Å². The summed E-state index contributed by atoms with van der Waals surface area (Å²) >= 11 is 0. The summed E-state index contributed by atoms with van der Waals surface area (Å²) in [6.45, 7) is 3.93. The van der Waals surface area contributed by atoms with Crippen LogP contribution in [0.25, 0.3) is 11.0 Å². The van der Waals surface area contributed by atoms with Crippen molar-refractivity contribution in [1.29, 1.82) is 0 Å². The van der Waals surface area contributed by atoms with Crippen molar-refractivity contribution < 1.29 is 13.6 Å². The summed E-state index contributed by atoms with van der Waals surface area (Å²) in [5.41, 5.74) is 1.07. The third kappa shape index (κ3) is 2.28. The van der Waals surface area contributed by atoms with Crippen LogP contribution < -0.4 is 5.43 Å². The molecule has 2 aromatic carbocycles. The molecule has 0 fully saturated rings. The fourth-order valence-electron chi connectivity index (χ4n) is 3.29. The van der Waals surface area contributed by atoms with Crippen LogP contribution in [-0.4, -0.2) is 17.4 Å². The second kappa shape index (κ2) is 5.70.